The number of aryl methyl sites for hydroxylation is 1. The minimum absolute atomic E-state index is 0.110. The van der Waals surface area contributed by atoms with E-state index in [-0.39, 0.29) is 5.91 Å². The molecule has 0 aliphatic carbocycles. The molecule has 28 heavy (non-hydrogen) atoms. The van der Waals surface area contributed by atoms with E-state index in [0.717, 1.165) is 41.2 Å². The molecule has 2 N–H and O–H groups in total. The Labute approximate surface area is 166 Å². The molecular formula is C19H21N5O3S. The van der Waals surface area contributed by atoms with Crippen molar-refractivity contribution in [3.8, 4) is 0 Å². The molecule has 1 aliphatic heterocycles. The summed E-state index contributed by atoms with van der Waals surface area (Å²) in [4.78, 5) is 34.5. The maximum atomic E-state index is 13.0. The van der Waals surface area contributed by atoms with Gasteiger partial charge in [-0.15, -0.1) is 0 Å². The highest BCUT2D eigenvalue weighted by Crippen LogP contribution is 2.31. The number of rotatable bonds is 3. The lowest BCUT2D eigenvalue weighted by Crippen LogP contribution is -2.38. The summed E-state index contributed by atoms with van der Waals surface area (Å²) in [7, 11) is 1.29. The fraction of sp³-hybridized carbons (Fsp3) is 0.368. The molecule has 1 aromatic carbocycles. The van der Waals surface area contributed by atoms with Gasteiger partial charge in [-0.25, -0.2) is 9.78 Å². The normalized spacial score (nSPS) is 15.0. The van der Waals surface area contributed by atoms with Crippen LogP contribution in [-0.4, -0.2) is 51.4 Å². The Bertz CT molecular complexity index is 987. The van der Waals surface area contributed by atoms with E-state index in [1.54, 1.807) is 6.92 Å². The third-order valence-corrected chi connectivity index (χ3v) is 5.91. The van der Waals surface area contributed by atoms with Gasteiger partial charge in [0.25, 0.3) is 5.91 Å². The summed E-state index contributed by atoms with van der Waals surface area (Å²) in [5.41, 5.74) is 3.06. The SMILES string of the molecule is COC(=O)Nc1snc(C)c1C(=O)N1CCC(c2nc3ccccc3[nH]2)CC1. The van der Waals surface area contributed by atoms with E-state index in [1.807, 2.05) is 29.2 Å². The maximum absolute atomic E-state index is 13.0. The number of ether oxygens (including phenoxy) is 1. The molecule has 146 valence electrons. The molecule has 0 saturated carbocycles. The molecular weight excluding hydrogens is 378 g/mol. The molecule has 9 heteroatoms. The lowest BCUT2D eigenvalue weighted by Gasteiger charge is -2.31. The predicted molar refractivity (Wildman–Crippen MR) is 107 cm³/mol. The molecule has 3 heterocycles. The van der Waals surface area contributed by atoms with Crippen molar-refractivity contribution in [1.29, 1.82) is 0 Å². The second kappa shape index (κ2) is 7.59. The van der Waals surface area contributed by atoms with E-state index in [1.165, 1.54) is 7.11 Å². The zero-order valence-electron chi connectivity index (χ0n) is 15.7. The number of hydrogen-bond acceptors (Lipinski definition) is 6. The van der Waals surface area contributed by atoms with Crippen LogP contribution in [0.4, 0.5) is 9.80 Å². The number of aromatic nitrogens is 3. The first kappa shape index (κ1) is 18.4. The first-order valence-electron chi connectivity index (χ1n) is 9.12. The Kier molecular flexibility index (Phi) is 4.99. The number of methoxy groups -OCH3 is 1. The molecule has 2 aromatic heterocycles. The average molecular weight is 399 g/mol. The second-order valence-corrected chi connectivity index (χ2v) is 7.57. The lowest BCUT2D eigenvalue weighted by atomic mass is 9.95. The van der Waals surface area contributed by atoms with E-state index >= 15 is 0 Å². The monoisotopic (exact) mass is 399 g/mol. The van der Waals surface area contributed by atoms with Crippen molar-refractivity contribution in [3.05, 3.63) is 41.3 Å². The summed E-state index contributed by atoms with van der Waals surface area (Å²) in [5, 5.41) is 3.01. The van der Waals surface area contributed by atoms with Crippen molar-refractivity contribution in [3.63, 3.8) is 0 Å². The second-order valence-electron chi connectivity index (χ2n) is 6.79. The number of carbonyl (C=O) groups is 2. The Morgan fingerprint density at radius 3 is 2.75 bits per heavy atom. The van der Waals surface area contributed by atoms with E-state index in [0.29, 0.717) is 35.3 Å². The number of anilines is 1. The van der Waals surface area contributed by atoms with Crippen LogP contribution in [0, 0.1) is 6.92 Å². The van der Waals surface area contributed by atoms with Crippen LogP contribution in [0.1, 0.15) is 40.6 Å². The zero-order valence-corrected chi connectivity index (χ0v) is 16.5. The molecule has 3 aromatic rings. The van der Waals surface area contributed by atoms with E-state index in [4.69, 9.17) is 4.98 Å². The zero-order chi connectivity index (χ0) is 19.7. The Balaban J connectivity index is 1.46. The molecule has 2 amide bonds. The molecule has 0 atom stereocenters. The molecule has 1 aliphatic rings. The summed E-state index contributed by atoms with van der Waals surface area (Å²) >= 11 is 1.09. The maximum Gasteiger partial charge on any atom is 0.412 e. The van der Waals surface area contributed by atoms with Crippen molar-refractivity contribution < 1.29 is 14.3 Å². The summed E-state index contributed by atoms with van der Waals surface area (Å²) < 4.78 is 8.84. The highest BCUT2D eigenvalue weighted by molar-refractivity contribution is 7.11. The molecule has 8 nitrogen and oxygen atoms in total. The van der Waals surface area contributed by atoms with E-state index < -0.39 is 6.09 Å². The van der Waals surface area contributed by atoms with Gasteiger partial charge in [-0.2, -0.15) is 4.37 Å². The van der Waals surface area contributed by atoms with Gasteiger partial charge >= 0.3 is 6.09 Å². The third-order valence-electron chi connectivity index (χ3n) is 5.05. The molecule has 0 radical (unpaired) electrons. The number of amides is 2. The van der Waals surface area contributed by atoms with Crippen LogP contribution in [0.15, 0.2) is 24.3 Å². The number of nitrogens with zero attached hydrogens (tertiary/aromatic N) is 3. The molecule has 1 fully saturated rings. The number of benzene rings is 1. The summed E-state index contributed by atoms with van der Waals surface area (Å²) in [6.45, 7) is 3.04. The Morgan fingerprint density at radius 1 is 1.29 bits per heavy atom. The minimum atomic E-state index is -0.610. The van der Waals surface area contributed by atoms with Gasteiger partial charge in [0.2, 0.25) is 0 Å². The van der Waals surface area contributed by atoms with Crippen LogP contribution >= 0.6 is 11.5 Å². The number of para-hydroxylation sites is 2. The van der Waals surface area contributed by atoms with Crippen molar-refractivity contribution in [2.75, 3.05) is 25.5 Å². The van der Waals surface area contributed by atoms with Gasteiger partial charge in [0.1, 0.15) is 10.8 Å². The lowest BCUT2D eigenvalue weighted by molar-refractivity contribution is 0.0712. The van der Waals surface area contributed by atoms with Crippen LogP contribution in [-0.2, 0) is 4.74 Å². The van der Waals surface area contributed by atoms with Gasteiger partial charge in [-0.05, 0) is 43.4 Å². The van der Waals surface area contributed by atoms with Crippen molar-refractivity contribution in [2.45, 2.75) is 25.7 Å². The number of fused-ring (bicyclic) bond motifs is 1. The quantitative estimate of drug-likeness (QED) is 0.702. The summed E-state index contributed by atoms with van der Waals surface area (Å²) in [5.74, 6) is 1.17. The van der Waals surface area contributed by atoms with Gasteiger partial charge in [0, 0.05) is 19.0 Å². The smallest absolute Gasteiger partial charge is 0.412 e. The fourth-order valence-electron chi connectivity index (χ4n) is 3.53. The topological polar surface area (TPSA) is 100 Å². The molecule has 0 unspecified atom stereocenters. The molecule has 0 bridgehead atoms. The van der Waals surface area contributed by atoms with Crippen LogP contribution in [0.5, 0.6) is 0 Å². The molecule has 0 spiro atoms. The number of aromatic amines is 1. The number of imidazole rings is 1. The largest absolute Gasteiger partial charge is 0.453 e. The molecule has 4 rings (SSSR count). The van der Waals surface area contributed by atoms with Crippen molar-refractivity contribution in [1.82, 2.24) is 19.2 Å². The van der Waals surface area contributed by atoms with Crippen LogP contribution in [0.2, 0.25) is 0 Å². The van der Waals surface area contributed by atoms with Gasteiger partial charge in [0.15, 0.2) is 0 Å². The number of carbonyl (C=O) groups excluding carboxylic acids is 2. The minimum Gasteiger partial charge on any atom is -0.453 e. The highest BCUT2D eigenvalue weighted by atomic mass is 32.1. The average Bonchev–Trinajstić information content (AvgIpc) is 3.31. The highest BCUT2D eigenvalue weighted by Gasteiger charge is 2.30. The number of nitrogens with one attached hydrogen (secondary N) is 2. The van der Waals surface area contributed by atoms with Gasteiger partial charge < -0.3 is 14.6 Å². The van der Waals surface area contributed by atoms with Gasteiger partial charge in [-0.1, -0.05) is 12.1 Å². The third kappa shape index (κ3) is 3.45. The Morgan fingerprint density at radius 2 is 2.04 bits per heavy atom. The predicted octanol–water partition coefficient (Wildman–Crippen LogP) is 3.53. The standard InChI is InChI=1S/C19H21N5O3S/c1-11-15(17(28-23-11)22-19(26)27-2)18(25)24-9-7-12(8-10-24)16-20-13-5-3-4-6-14(13)21-16/h3-6,12H,7-10H2,1-2H3,(H,20,21)(H,22,26). The first-order valence-corrected chi connectivity index (χ1v) is 9.89. The van der Waals surface area contributed by atoms with Crippen molar-refractivity contribution >= 4 is 39.6 Å². The van der Waals surface area contributed by atoms with Gasteiger partial charge in [-0.3, -0.25) is 10.1 Å². The number of H-pyrrole nitrogens is 1. The summed E-state index contributed by atoms with van der Waals surface area (Å²) in [6, 6.07) is 7.98. The first-order chi connectivity index (χ1) is 13.6. The van der Waals surface area contributed by atoms with E-state index in [2.05, 4.69) is 19.4 Å². The summed E-state index contributed by atoms with van der Waals surface area (Å²) in [6.07, 6.45) is 1.06. The van der Waals surface area contributed by atoms with Crippen LogP contribution in [0.25, 0.3) is 11.0 Å². The molecule has 1 saturated heterocycles. The van der Waals surface area contributed by atoms with Crippen LogP contribution in [0.3, 0.4) is 0 Å². The Hall–Kier alpha value is -2.94. The number of hydrogen-bond donors (Lipinski definition) is 2. The number of piperidine rings is 1. The van der Waals surface area contributed by atoms with Gasteiger partial charge in [0.05, 0.1) is 29.4 Å². The number of likely N-dealkylation sites (tertiary alicyclic amines) is 1. The van der Waals surface area contributed by atoms with Crippen LogP contribution < -0.4 is 5.32 Å². The van der Waals surface area contributed by atoms with Crippen molar-refractivity contribution in [2.24, 2.45) is 0 Å². The fourth-order valence-corrected chi connectivity index (χ4v) is 4.31. The van der Waals surface area contributed by atoms with E-state index in [9.17, 15) is 9.59 Å².